The first-order valence-corrected chi connectivity index (χ1v) is 4.65. The van der Waals surface area contributed by atoms with Crippen molar-refractivity contribution in [3.8, 4) is 0 Å². The molecule has 0 bridgehead atoms. The highest BCUT2D eigenvalue weighted by atomic mass is 127. The van der Waals surface area contributed by atoms with Gasteiger partial charge in [0.2, 0.25) is 0 Å². The monoisotopic (exact) mass is 360 g/mol. The fourth-order valence-electron chi connectivity index (χ4n) is 0.439. The lowest BCUT2D eigenvalue weighted by Gasteiger charge is -1.89. The van der Waals surface area contributed by atoms with E-state index in [1.807, 2.05) is 18.9 Å². The van der Waals surface area contributed by atoms with Crippen LogP contribution in [0.2, 0.25) is 0 Å². The van der Waals surface area contributed by atoms with Crippen molar-refractivity contribution in [1.29, 1.82) is 0 Å². The second-order valence-electron chi connectivity index (χ2n) is 1.41. The summed E-state index contributed by atoms with van der Waals surface area (Å²) < 4.78 is 2.65. The van der Waals surface area contributed by atoms with Crippen LogP contribution in [0.25, 0.3) is 0 Å². The van der Waals surface area contributed by atoms with E-state index < -0.39 is 0 Å². The summed E-state index contributed by atoms with van der Waals surface area (Å²) in [6, 6.07) is 8.29. The lowest BCUT2D eigenvalue weighted by atomic mass is 10.4. The summed E-state index contributed by atoms with van der Waals surface area (Å²) in [7, 11) is 0. The largest absolute Gasteiger partial charge is 0.307 e. The maximum atomic E-state index is 8.00. The third-order valence-corrected chi connectivity index (χ3v) is 3.74. The van der Waals surface area contributed by atoms with Gasteiger partial charge in [-0.05, 0) is 57.3 Å². The molecule has 1 nitrogen and oxygen atoms in total. The van der Waals surface area contributed by atoms with E-state index in [2.05, 4.69) is 57.3 Å². The van der Waals surface area contributed by atoms with Gasteiger partial charge >= 0.3 is 0 Å². The van der Waals surface area contributed by atoms with Crippen LogP contribution < -0.4 is 0 Å². The van der Waals surface area contributed by atoms with Crippen LogP contribution in [-0.2, 0) is 4.79 Å². The third kappa shape index (κ3) is 3.50. The van der Waals surface area contributed by atoms with Crippen LogP contribution in [0, 0.1) is 7.14 Å². The molecular formula is C7H6I2O. The molecule has 0 saturated heterocycles. The van der Waals surface area contributed by atoms with E-state index in [1.165, 1.54) is 7.14 Å². The highest BCUT2D eigenvalue weighted by Gasteiger charge is 1.87. The predicted molar refractivity (Wildman–Crippen MR) is 59.0 cm³/mol. The molecule has 0 spiro atoms. The minimum absolute atomic E-state index is 1.32. The second-order valence-corrected chi connectivity index (χ2v) is 3.74. The van der Waals surface area contributed by atoms with Gasteiger partial charge in [0.05, 0.1) is 0 Å². The minimum atomic E-state index is 1.32. The van der Waals surface area contributed by atoms with Crippen LogP contribution in [0.5, 0.6) is 0 Å². The zero-order valence-electron chi connectivity index (χ0n) is 5.18. The Morgan fingerprint density at radius 3 is 1.50 bits per heavy atom. The second kappa shape index (κ2) is 6.09. The Morgan fingerprint density at radius 2 is 1.30 bits per heavy atom. The standard InChI is InChI=1S/C6H4I2.CH2O/c7-5-3-1-2-4-6(5)8;1-2/h1-4H;1H2. The van der Waals surface area contributed by atoms with Crippen molar-refractivity contribution in [1.82, 2.24) is 0 Å². The van der Waals surface area contributed by atoms with Crippen LogP contribution in [-0.4, -0.2) is 6.79 Å². The van der Waals surface area contributed by atoms with Gasteiger partial charge in [-0.15, -0.1) is 0 Å². The van der Waals surface area contributed by atoms with Gasteiger partial charge in [0, 0.05) is 7.14 Å². The molecule has 0 N–H and O–H groups in total. The molecular weight excluding hydrogens is 354 g/mol. The Kier molecular flexibility index (Phi) is 6.30. The van der Waals surface area contributed by atoms with E-state index in [4.69, 9.17) is 4.79 Å². The summed E-state index contributed by atoms with van der Waals surface area (Å²) >= 11 is 4.63. The molecule has 1 aromatic rings. The van der Waals surface area contributed by atoms with Crippen LogP contribution in [0.4, 0.5) is 0 Å². The van der Waals surface area contributed by atoms with Crippen LogP contribution in [0.15, 0.2) is 24.3 Å². The molecule has 0 aliphatic rings. The fourth-order valence-corrected chi connectivity index (χ4v) is 1.21. The molecule has 0 aliphatic heterocycles. The van der Waals surface area contributed by atoms with Crippen molar-refractivity contribution in [2.24, 2.45) is 0 Å². The molecule has 10 heavy (non-hydrogen) atoms. The Balaban J connectivity index is 0.000000371. The molecule has 3 heteroatoms. The van der Waals surface area contributed by atoms with Gasteiger partial charge in [-0.3, -0.25) is 0 Å². The Hall–Kier alpha value is 0.350. The smallest absolute Gasteiger partial charge is 0.106 e. The van der Waals surface area contributed by atoms with Gasteiger partial charge in [-0.2, -0.15) is 0 Å². The summed E-state index contributed by atoms with van der Waals surface area (Å²) in [5.74, 6) is 0. The first kappa shape index (κ1) is 10.3. The van der Waals surface area contributed by atoms with Gasteiger partial charge in [0.15, 0.2) is 0 Å². The summed E-state index contributed by atoms with van der Waals surface area (Å²) in [6.45, 7) is 2.00. The van der Waals surface area contributed by atoms with Gasteiger partial charge in [-0.25, -0.2) is 0 Å². The maximum Gasteiger partial charge on any atom is 0.106 e. The number of halogens is 2. The molecule has 0 aliphatic carbocycles. The van der Waals surface area contributed by atoms with Crippen LogP contribution in [0.1, 0.15) is 0 Å². The minimum Gasteiger partial charge on any atom is -0.307 e. The summed E-state index contributed by atoms with van der Waals surface area (Å²) in [4.78, 5) is 8.00. The average molecular weight is 360 g/mol. The molecule has 1 rings (SSSR count). The van der Waals surface area contributed by atoms with Gasteiger partial charge in [0.1, 0.15) is 6.79 Å². The maximum absolute atomic E-state index is 8.00. The first-order valence-electron chi connectivity index (χ1n) is 2.49. The van der Waals surface area contributed by atoms with E-state index in [1.54, 1.807) is 0 Å². The molecule has 0 atom stereocenters. The summed E-state index contributed by atoms with van der Waals surface area (Å²) in [5, 5.41) is 0. The molecule has 0 aromatic heterocycles. The highest BCUT2D eigenvalue weighted by Crippen LogP contribution is 2.12. The number of carbonyl (C=O) groups excluding carboxylic acids is 1. The summed E-state index contributed by atoms with van der Waals surface area (Å²) in [6.07, 6.45) is 0. The number of benzene rings is 1. The van der Waals surface area contributed by atoms with E-state index in [9.17, 15) is 0 Å². The number of carbonyl (C=O) groups is 1. The molecule has 0 unspecified atom stereocenters. The number of hydrogen-bond acceptors (Lipinski definition) is 1. The first-order chi connectivity index (χ1) is 4.80. The molecule has 0 radical (unpaired) electrons. The quantitative estimate of drug-likeness (QED) is 0.651. The van der Waals surface area contributed by atoms with Crippen molar-refractivity contribution in [3.63, 3.8) is 0 Å². The van der Waals surface area contributed by atoms with Crippen molar-refractivity contribution >= 4 is 52.0 Å². The SMILES string of the molecule is C=O.Ic1ccccc1I. The molecule has 0 fully saturated rings. The van der Waals surface area contributed by atoms with E-state index >= 15 is 0 Å². The lowest BCUT2D eigenvalue weighted by Crippen LogP contribution is -1.73. The highest BCUT2D eigenvalue weighted by molar-refractivity contribution is 14.1. The van der Waals surface area contributed by atoms with Crippen molar-refractivity contribution in [2.75, 3.05) is 0 Å². The lowest BCUT2D eigenvalue weighted by molar-refractivity contribution is -0.0979. The molecule has 0 heterocycles. The Bertz CT molecular complexity index is 180. The van der Waals surface area contributed by atoms with Crippen LogP contribution in [0.3, 0.4) is 0 Å². The van der Waals surface area contributed by atoms with E-state index in [0.717, 1.165) is 0 Å². The summed E-state index contributed by atoms with van der Waals surface area (Å²) in [5.41, 5.74) is 0. The van der Waals surface area contributed by atoms with Gasteiger partial charge < -0.3 is 4.79 Å². The van der Waals surface area contributed by atoms with Crippen LogP contribution >= 0.6 is 45.2 Å². The predicted octanol–water partition coefficient (Wildman–Crippen LogP) is 2.71. The third-order valence-electron chi connectivity index (χ3n) is 0.824. The number of rotatable bonds is 0. The Morgan fingerprint density at radius 1 is 1.00 bits per heavy atom. The van der Waals surface area contributed by atoms with Crippen molar-refractivity contribution in [3.05, 3.63) is 31.4 Å². The zero-order chi connectivity index (χ0) is 7.98. The Labute approximate surface area is 87.5 Å². The van der Waals surface area contributed by atoms with E-state index in [0.29, 0.717) is 0 Å². The van der Waals surface area contributed by atoms with Crippen molar-refractivity contribution in [2.45, 2.75) is 0 Å². The molecule has 54 valence electrons. The zero-order valence-corrected chi connectivity index (χ0v) is 9.50. The fraction of sp³-hybridized carbons (Fsp3) is 0. The van der Waals surface area contributed by atoms with Crippen molar-refractivity contribution < 1.29 is 4.79 Å². The molecule has 1 aromatic carbocycles. The average Bonchev–Trinajstić information content (AvgIpc) is 2.00. The molecule has 0 amide bonds. The normalized spacial score (nSPS) is 7.80. The molecule has 0 saturated carbocycles. The van der Waals surface area contributed by atoms with E-state index in [-0.39, 0.29) is 0 Å². The van der Waals surface area contributed by atoms with Gasteiger partial charge in [-0.1, -0.05) is 12.1 Å². The van der Waals surface area contributed by atoms with Gasteiger partial charge in [0.25, 0.3) is 0 Å². The topological polar surface area (TPSA) is 17.1 Å². The number of hydrogen-bond donors (Lipinski definition) is 0.